The largest absolute Gasteiger partial charge is 0.305 e. The van der Waals surface area contributed by atoms with Crippen LogP contribution in [0.5, 0.6) is 0 Å². The van der Waals surface area contributed by atoms with Gasteiger partial charge in [-0.3, -0.25) is 0 Å². The molecule has 0 saturated carbocycles. The van der Waals surface area contributed by atoms with Gasteiger partial charge >= 0.3 is 0 Å². The van der Waals surface area contributed by atoms with Crippen LogP contribution in [0.25, 0.3) is 0 Å². The molecular weight excluding hydrogens is 148 g/mol. The highest BCUT2D eigenvalue weighted by Gasteiger charge is 2.12. The minimum atomic E-state index is 1.11. The number of hydrazine groups is 1. The van der Waals surface area contributed by atoms with Gasteiger partial charge in [0.15, 0.2) is 0 Å². The van der Waals surface area contributed by atoms with Gasteiger partial charge in [-0.05, 0) is 37.8 Å². The number of hydrogen-bond donors (Lipinski definition) is 2. The van der Waals surface area contributed by atoms with E-state index in [1.807, 2.05) is 0 Å². The van der Waals surface area contributed by atoms with E-state index in [2.05, 4.69) is 38.5 Å². The van der Waals surface area contributed by atoms with E-state index in [1.54, 1.807) is 0 Å². The van der Waals surface area contributed by atoms with Crippen LogP contribution in [0.4, 0.5) is 0 Å². The van der Waals surface area contributed by atoms with Crippen LogP contribution in [0.3, 0.4) is 0 Å². The van der Waals surface area contributed by atoms with Crippen molar-refractivity contribution in [2.24, 2.45) is 0 Å². The summed E-state index contributed by atoms with van der Waals surface area (Å²) in [5.74, 6) is 0. The van der Waals surface area contributed by atoms with Crippen LogP contribution in [0.15, 0.2) is 22.5 Å². The lowest BCUT2D eigenvalue weighted by molar-refractivity contribution is 0.643. The normalized spacial score (nSPS) is 17.7. The fraction of sp³-hybridized carbons (Fsp3) is 0.600. The highest BCUT2D eigenvalue weighted by molar-refractivity contribution is 5.38. The maximum Gasteiger partial charge on any atom is 0.0318 e. The molecule has 12 heavy (non-hydrogen) atoms. The molecule has 0 radical (unpaired) electrons. The minimum Gasteiger partial charge on any atom is -0.305 e. The summed E-state index contributed by atoms with van der Waals surface area (Å²) in [6.07, 6.45) is 2.22. The van der Waals surface area contributed by atoms with Crippen molar-refractivity contribution in [3.8, 4) is 0 Å². The zero-order valence-corrected chi connectivity index (χ0v) is 8.41. The standard InChI is InChI=1S/C10H18N2/c1-5-9-7(3)11-12-8(4)10(9)6-2/h11-12H,5-6H2,1-4H3. The van der Waals surface area contributed by atoms with Crippen molar-refractivity contribution in [1.82, 2.24) is 10.9 Å². The molecule has 1 aliphatic rings. The molecule has 0 saturated heterocycles. The summed E-state index contributed by atoms with van der Waals surface area (Å²) in [5, 5.41) is 0. The lowest BCUT2D eigenvalue weighted by Crippen LogP contribution is -2.34. The minimum absolute atomic E-state index is 1.11. The van der Waals surface area contributed by atoms with Crippen molar-refractivity contribution in [2.75, 3.05) is 0 Å². The number of hydrogen-bond acceptors (Lipinski definition) is 2. The van der Waals surface area contributed by atoms with Crippen molar-refractivity contribution in [1.29, 1.82) is 0 Å². The number of allylic oxidation sites excluding steroid dienone is 4. The van der Waals surface area contributed by atoms with Crippen molar-refractivity contribution in [3.63, 3.8) is 0 Å². The number of nitrogens with one attached hydrogen (secondary N) is 2. The second-order valence-corrected chi connectivity index (χ2v) is 3.16. The Morgan fingerprint density at radius 2 is 1.17 bits per heavy atom. The summed E-state index contributed by atoms with van der Waals surface area (Å²) in [6.45, 7) is 8.64. The highest BCUT2D eigenvalue weighted by atomic mass is 15.4. The van der Waals surface area contributed by atoms with Crippen LogP contribution < -0.4 is 10.9 Å². The van der Waals surface area contributed by atoms with Gasteiger partial charge in [0.1, 0.15) is 0 Å². The first kappa shape index (κ1) is 9.17. The van der Waals surface area contributed by atoms with Gasteiger partial charge in [-0.2, -0.15) is 0 Å². The first-order valence-corrected chi connectivity index (χ1v) is 4.62. The third-order valence-corrected chi connectivity index (χ3v) is 2.41. The Balaban J connectivity index is 3.02. The maximum absolute atomic E-state index is 3.17. The van der Waals surface area contributed by atoms with E-state index in [1.165, 1.54) is 22.5 Å². The Morgan fingerprint density at radius 1 is 0.833 bits per heavy atom. The summed E-state index contributed by atoms with van der Waals surface area (Å²) in [5.41, 5.74) is 11.8. The van der Waals surface area contributed by atoms with Gasteiger partial charge in [0.05, 0.1) is 0 Å². The summed E-state index contributed by atoms with van der Waals surface area (Å²) in [6, 6.07) is 0. The molecule has 1 aliphatic heterocycles. The molecule has 1 heterocycles. The molecule has 0 aromatic carbocycles. The first-order valence-electron chi connectivity index (χ1n) is 4.62. The van der Waals surface area contributed by atoms with Crippen molar-refractivity contribution in [2.45, 2.75) is 40.5 Å². The van der Waals surface area contributed by atoms with E-state index in [4.69, 9.17) is 0 Å². The molecule has 0 bridgehead atoms. The molecule has 0 amide bonds. The van der Waals surface area contributed by atoms with E-state index in [0.717, 1.165) is 12.8 Å². The summed E-state index contributed by atoms with van der Waals surface area (Å²) < 4.78 is 0. The molecule has 2 heteroatoms. The molecule has 0 aromatic rings. The average molecular weight is 166 g/mol. The predicted molar refractivity (Wildman–Crippen MR) is 52.3 cm³/mol. The van der Waals surface area contributed by atoms with Crippen molar-refractivity contribution in [3.05, 3.63) is 22.5 Å². The molecular formula is C10H18N2. The van der Waals surface area contributed by atoms with Gasteiger partial charge in [0, 0.05) is 11.4 Å². The summed E-state index contributed by atoms with van der Waals surface area (Å²) in [7, 11) is 0. The second kappa shape index (κ2) is 3.65. The van der Waals surface area contributed by atoms with Crippen LogP contribution in [-0.4, -0.2) is 0 Å². The lowest BCUT2D eigenvalue weighted by Gasteiger charge is -2.24. The monoisotopic (exact) mass is 166 g/mol. The van der Waals surface area contributed by atoms with Crippen molar-refractivity contribution < 1.29 is 0 Å². The SMILES string of the molecule is CCC1=C(C)NNC(C)=C1CC. The molecule has 2 N–H and O–H groups in total. The Kier molecular flexibility index (Phi) is 2.79. The zero-order valence-electron chi connectivity index (χ0n) is 8.41. The Hall–Kier alpha value is -0.920. The molecule has 0 atom stereocenters. The van der Waals surface area contributed by atoms with E-state index in [0.29, 0.717) is 0 Å². The third kappa shape index (κ3) is 1.47. The van der Waals surface area contributed by atoms with Gasteiger partial charge in [-0.1, -0.05) is 13.8 Å². The molecule has 68 valence electrons. The summed E-state index contributed by atoms with van der Waals surface area (Å²) in [4.78, 5) is 0. The van der Waals surface area contributed by atoms with Crippen LogP contribution in [0.2, 0.25) is 0 Å². The Morgan fingerprint density at radius 3 is 1.42 bits per heavy atom. The van der Waals surface area contributed by atoms with Gasteiger partial charge in [0.2, 0.25) is 0 Å². The summed E-state index contributed by atoms with van der Waals surface area (Å²) >= 11 is 0. The topological polar surface area (TPSA) is 24.1 Å². The molecule has 0 fully saturated rings. The molecule has 0 spiro atoms. The average Bonchev–Trinajstić information content (AvgIpc) is 2.08. The highest BCUT2D eigenvalue weighted by Crippen LogP contribution is 2.24. The zero-order chi connectivity index (χ0) is 9.14. The van der Waals surface area contributed by atoms with E-state index in [9.17, 15) is 0 Å². The quantitative estimate of drug-likeness (QED) is 0.658. The Labute approximate surface area is 74.7 Å². The fourth-order valence-corrected chi connectivity index (χ4v) is 1.75. The fourth-order valence-electron chi connectivity index (χ4n) is 1.75. The van der Waals surface area contributed by atoms with Gasteiger partial charge in [-0.15, -0.1) is 0 Å². The molecule has 0 aromatic heterocycles. The third-order valence-electron chi connectivity index (χ3n) is 2.41. The van der Waals surface area contributed by atoms with Crippen LogP contribution in [0.1, 0.15) is 40.5 Å². The number of rotatable bonds is 2. The van der Waals surface area contributed by atoms with Crippen LogP contribution in [0, 0.1) is 0 Å². The lowest BCUT2D eigenvalue weighted by atomic mass is 9.96. The molecule has 0 unspecified atom stereocenters. The predicted octanol–water partition coefficient (Wildman–Crippen LogP) is 2.46. The van der Waals surface area contributed by atoms with Gasteiger partial charge in [0.25, 0.3) is 0 Å². The van der Waals surface area contributed by atoms with Crippen molar-refractivity contribution >= 4 is 0 Å². The Bertz CT molecular complexity index is 210. The first-order chi connectivity index (χ1) is 5.70. The van der Waals surface area contributed by atoms with Crippen LogP contribution >= 0.6 is 0 Å². The van der Waals surface area contributed by atoms with E-state index >= 15 is 0 Å². The van der Waals surface area contributed by atoms with E-state index in [-0.39, 0.29) is 0 Å². The van der Waals surface area contributed by atoms with E-state index < -0.39 is 0 Å². The van der Waals surface area contributed by atoms with Crippen LogP contribution in [-0.2, 0) is 0 Å². The smallest absolute Gasteiger partial charge is 0.0318 e. The molecule has 0 aliphatic carbocycles. The maximum atomic E-state index is 3.17. The second-order valence-electron chi connectivity index (χ2n) is 3.16. The molecule has 1 rings (SSSR count). The van der Waals surface area contributed by atoms with Gasteiger partial charge in [-0.25, -0.2) is 0 Å². The molecule has 2 nitrogen and oxygen atoms in total. The van der Waals surface area contributed by atoms with Gasteiger partial charge < -0.3 is 10.9 Å².